The van der Waals surface area contributed by atoms with Crippen molar-refractivity contribution in [1.29, 1.82) is 0 Å². The van der Waals surface area contributed by atoms with Crippen molar-refractivity contribution in [2.75, 3.05) is 13.2 Å². The number of H-pyrrole nitrogens is 1. The minimum absolute atomic E-state index is 0.00811. The molecule has 1 aromatic carbocycles. The summed E-state index contributed by atoms with van der Waals surface area (Å²) in [6.45, 7) is 4.87. The van der Waals surface area contributed by atoms with Gasteiger partial charge in [0.25, 0.3) is 0 Å². The van der Waals surface area contributed by atoms with Crippen LogP contribution in [-0.2, 0) is 4.74 Å². The predicted molar refractivity (Wildman–Crippen MR) is 91.0 cm³/mol. The molecule has 5 nitrogen and oxygen atoms in total. The Labute approximate surface area is 141 Å². The van der Waals surface area contributed by atoms with Crippen molar-refractivity contribution < 1.29 is 14.3 Å². The number of nitrogens with one attached hydrogen (secondary N) is 1. The molecule has 1 aliphatic heterocycles. The van der Waals surface area contributed by atoms with Crippen LogP contribution in [0.5, 0.6) is 0 Å². The number of benzene rings is 1. The van der Waals surface area contributed by atoms with Gasteiger partial charge in [-0.1, -0.05) is 31.5 Å². The summed E-state index contributed by atoms with van der Waals surface area (Å²) < 4.78 is 5.29. The summed E-state index contributed by atoms with van der Waals surface area (Å²) in [5.41, 5.74) is 2.62. The third kappa shape index (κ3) is 2.00. The molecule has 1 aliphatic carbocycles. The molecule has 0 radical (unpaired) electrons. The molecule has 0 unspecified atom stereocenters. The van der Waals surface area contributed by atoms with Gasteiger partial charge < -0.3 is 14.6 Å². The third-order valence-corrected chi connectivity index (χ3v) is 5.54. The SMILES string of the molecule is CCOC(=O)N1CC[C@@H]2C(=O)c3[nH]c4ccccc4c3[C@H]1[C@H]2CC. The zero-order valence-corrected chi connectivity index (χ0v) is 14.0. The maximum Gasteiger partial charge on any atom is 0.410 e. The van der Waals surface area contributed by atoms with Crippen LogP contribution in [0.1, 0.15) is 48.8 Å². The van der Waals surface area contributed by atoms with E-state index in [1.165, 1.54) is 0 Å². The highest BCUT2D eigenvalue weighted by molar-refractivity contribution is 6.05. The molecule has 24 heavy (non-hydrogen) atoms. The van der Waals surface area contributed by atoms with Gasteiger partial charge in [0.1, 0.15) is 0 Å². The number of aromatic amines is 1. The van der Waals surface area contributed by atoms with Crippen LogP contribution in [-0.4, -0.2) is 34.9 Å². The minimum Gasteiger partial charge on any atom is -0.450 e. The van der Waals surface area contributed by atoms with Gasteiger partial charge >= 0.3 is 6.09 Å². The first kappa shape index (κ1) is 15.2. The number of hydrogen-bond acceptors (Lipinski definition) is 3. The van der Waals surface area contributed by atoms with Crippen molar-refractivity contribution in [3.63, 3.8) is 0 Å². The minimum atomic E-state index is -0.273. The topological polar surface area (TPSA) is 62.4 Å². The molecule has 2 bridgehead atoms. The van der Waals surface area contributed by atoms with E-state index in [9.17, 15) is 9.59 Å². The molecular formula is C19H22N2O3. The lowest BCUT2D eigenvalue weighted by Gasteiger charge is -2.47. The number of piperidine rings is 1. The predicted octanol–water partition coefficient (Wildman–Crippen LogP) is 3.91. The molecule has 3 atom stereocenters. The summed E-state index contributed by atoms with van der Waals surface area (Å²) in [5.74, 6) is 0.349. The summed E-state index contributed by atoms with van der Waals surface area (Å²) in [6, 6.07) is 7.87. The molecule has 1 saturated heterocycles. The van der Waals surface area contributed by atoms with E-state index >= 15 is 0 Å². The molecule has 0 spiro atoms. The molecule has 2 heterocycles. The van der Waals surface area contributed by atoms with Crippen molar-refractivity contribution in [3.05, 3.63) is 35.5 Å². The number of aromatic nitrogens is 1. The van der Waals surface area contributed by atoms with Gasteiger partial charge in [0.05, 0.1) is 18.3 Å². The number of nitrogens with zero attached hydrogens (tertiary/aromatic N) is 1. The van der Waals surface area contributed by atoms with Crippen LogP contribution in [0.3, 0.4) is 0 Å². The average molecular weight is 326 g/mol. The summed E-state index contributed by atoms with van der Waals surface area (Å²) in [4.78, 5) is 30.7. The fourth-order valence-corrected chi connectivity index (χ4v) is 4.55. The van der Waals surface area contributed by atoms with Gasteiger partial charge in [0.15, 0.2) is 5.78 Å². The van der Waals surface area contributed by atoms with Crippen molar-refractivity contribution in [3.8, 4) is 0 Å². The number of carbonyl (C=O) groups excluding carboxylic acids is 2. The Bertz CT molecular complexity index is 810. The lowest BCUT2D eigenvalue weighted by molar-refractivity contribution is 0.0222. The van der Waals surface area contributed by atoms with E-state index in [0.717, 1.165) is 22.9 Å². The first-order valence-corrected chi connectivity index (χ1v) is 8.75. The summed E-state index contributed by atoms with van der Waals surface area (Å²) in [7, 11) is 0. The number of carbonyl (C=O) groups is 2. The number of fused-ring (bicyclic) bond motifs is 6. The largest absolute Gasteiger partial charge is 0.450 e. The average Bonchev–Trinajstić information content (AvgIpc) is 2.98. The number of Topliss-reactive ketones (excluding diaryl/α,β-unsaturated/α-hetero) is 1. The van der Waals surface area contributed by atoms with Gasteiger partial charge in [-0.15, -0.1) is 0 Å². The monoisotopic (exact) mass is 326 g/mol. The van der Waals surface area contributed by atoms with E-state index < -0.39 is 0 Å². The van der Waals surface area contributed by atoms with E-state index in [0.29, 0.717) is 25.3 Å². The second-order valence-electron chi connectivity index (χ2n) is 6.63. The highest BCUT2D eigenvalue weighted by Gasteiger charge is 2.50. The normalized spacial score (nSPS) is 25.7. The fraction of sp³-hybridized carbons (Fsp3) is 0.474. The third-order valence-electron chi connectivity index (χ3n) is 5.54. The number of likely N-dealkylation sites (tertiary alicyclic amines) is 1. The number of amides is 1. The van der Waals surface area contributed by atoms with Crippen LogP contribution in [0, 0.1) is 11.8 Å². The van der Waals surface area contributed by atoms with Crippen molar-refractivity contribution >= 4 is 22.8 Å². The number of ether oxygens (including phenoxy) is 1. The molecule has 2 aliphatic rings. The molecule has 5 heteroatoms. The molecule has 4 rings (SSSR count). The van der Waals surface area contributed by atoms with E-state index in [1.807, 2.05) is 36.1 Å². The molecule has 2 aromatic rings. The maximum absolute atomic E-state index is 13.0. The van der Waals surface area contributed by atoms with E-state index in [2.05, 4.69) is 11.9 Å². The second-order valence-corrected chi connectivity index (χ2v) is 6.63. The lowest BCUT2D eigenvalue weighted by Crippen LogP contribution is -2.51. The zero-order valence-electron chi connectivity index (χ0n) is 14.0. The number of hydrogen-bond donors (Lipinski definition) is 1. The van der Waals surface area contributed by atoms with Crippen molar-refractivity contribution in [2.45, 2.75) is 32.7 Å². The maximum atomic E-state index is 13.0. The van der Waals surface area contributed by atoms with Gasteiger partial charge in [0, 0.05) is 28.9 Å². The quantitative estimate of drug-likeness (QED) is 0.910. The first-order chi connectivity index (χ1) is 11.7. The van der Waals surface area contributed by atoms with Crippen LogP contribution in [0.25, 0.3) is 10.9 Å². The summed E-state index contributed by atoms with van der Waals surface area (Å²) in [6.07, 6.45) is 1.31. The number of ketones is 1. The Balaban J connectivity index is 1.92. The Morgan fingerprint density at radius 2 is 2.12 bits per heavy atom. The van der Waals surface area contributed by atoms with Crippen molar-refractivity contribution in [1.82, 2.24) is 9.88 Å². The molecule has 1 N–H and O–H groups in total. The van der Waals surface area contributed by atoms with Crippen LogP contribution < -0.4 is 0 Å². The Hall–Kier alpha value is -2.30. The molecule has 126 valence electrons. The molecule has 0 saturated carbocycles. The second kappa shape index (κ2) is 5.65. The molecular weight excluding hydrogens is 304 g/mol. The van der Waals surface area contributed by atoms with Crippen molar-refractivity contribution in [2.24, 2.45) is 11.8 Å². The Morgan fingerprint density at radius 1 is 1.33 bits per heavy atom. The van der Waals surface area contributed by atoms with Gasteiger partial charge in [-0.05, 0) is 25.3 Å². The summed E-state index contributed by atoms with van der Waals surface area (Å²) in [5, 5.41) is 1.04. The van der Waals surface area contributed by atoms with E-state index in [1.54, 1.807) is 0 Å². The van der Waals surface area contributed by atoms with Crippen LogP contribution in [0.2, 0.25) is 0 Å². The zero-order chi connectivity index (χ0) is 16.8. The number of para-hydroxylation sites is 1. The Morgan fingerprint density at radius 3 is 2.88 bits per heavy atom. The van der Waals surface area contributed by atoms with Gasteiger partial charge in [0.2, 0.25) is 0 Å². The smallest absolute Gasteiger partial charge is 0.410 e. The first-order valence-electron chi connectivity index (χ1n) is 8.75. The van der Waals surface area contributed by atoms with E-state index in [4.69, 9.17) is 4.74 Å². The fourth-order valence-electron chi connectivity index (χ4n) is 4.55. The van der Waals surface area contributed by atoms with Crippen LogP contribution in [0.4, 0.5) is 4.79 Å². The lowest BCUT2D eigenvalue weighted by atomic mass is 9.68. The van der Waals surface area contributed by atoms with Gasteiger partial charge in [-0.3, -0.25) is 4.79 Å². The molecule has 1 fully saturated rings. The highest BCUT2D eigenvalue weighted by Crippen LogP contribution is 2.50. The van der Waals surface area contributed by atoms with Crippen LogP contribution in [0.15, 0.2) is 24.3 Å². The van der Waals surface area contributed by atoms with Gasteiger partial charge in [-0.2, -0.15) is 0 Å². The Kier molecular flexibility index (Phi) is 3.59. The van der Waals surface area contributed by atoms with E-state index in [-0.39, 0.29) is 29.8 Å². The van der Waals surface area contributed by atoms with Gasteiger partial charge in [-0.25, -0.2) is 4.79 Å². The number of rotatable bonds is 2. The molecule has 1 aromatic heterocycles. The molecule has 1 amide bonds. The van der Waals surface area contributed by atoms with Crippen LogP contribution >= 0.6 is 0 Å². The standard InChI is InChI=1S/C19H22N2O3/c1-3-11-12-9-10-21(19(23)24-4-2)17(11)15-13-7-5-6-8-14(13)20-16(15)18(12)22/h5-8,11-12,17,20H,3-4,9-10H2,1-2H3/t11-,12-,17+/m0/s1. The highest BCUT2D eigenvalue weighted by atomic mass is 16.6. The summed E-state index contributed by atoms with van der Waals surface area (Å²) >= 11 is 0.